The van der Waals surface area contributed by atoms with Crippen molar-refractivity contribution in [2.24, 2.45) is 0 Å². The van der Waals surface area contributed by atoms with E-state index in [1.54, 1.807) is 17.8 Å². The number of thioether (sulfide) groups is 1. The van der Waals surface area contributed by atoms with Gasteiger partial charge in [-0.1, -0.05) is 17.7 Å². The molecule has 0 aromatic heterocycles. The second kappa shape index (κ2) is 7.33. The van der Waals surface area contributed by atoms with Crippen molar-refractivity contribution in [3.8, 4) is 0 Å². The SMILES string of the molecule is Nc1cc(F)ccc1NC(=O)CCSc1cccc(Cl)c1. The summed E-state index contributed by atoms with van der Waals surface area (Å²) < 4.78 is 12.9. The third-order valence-electron chi connectivity index (χ3n) is 2.68. The van der Waals surface area contributed by atoms with Crippen LogP contribution in [0.25, 0.3) is 0 Å². The Balaban J connectivity index is 1.82. The highest BCUT2D eigenvalue weighted by Crippen LogP contribution is 2.23. The average Bonchev–Trinajstić information content (AvgIpc) is 2.42. The van der Waals surface area contributed by atoms with Crippen molar-refractivity contribution < 1.29 is 9.18 Å². The van der Waals surface area contributed by atoms with E-state index in [2.05, 4.69) is 5.32 Å². The summed E-state index contributed by atoms with van der Waals surface area (Å²) in [6.07, 6.45) is 0.327. The predicted molar refractivity (Wildman–Crippen MR) is 86.2 cm³/mol. The summed E-state index contributed by atoms with van der Waals surface area (Å²) in [6.45, 7) is 0. The fraction of sp³-hybridized carbons (Fsp3) is 0.133. The first-order valence-electron chi connectivity index (χ1n) is 6.28. The summed E-state index contributed by atoms with van der Waals surface area (Å²) in [4.78, 5) is 12.8. The van der Waals surface area contributed by atoms with Gasteiger partial charge >= 0.3 is 0 Å². The molecule has 3 nitrogen and oxygen atoms in total. The minimum atomic E-state index is -0.429. The molecule has 2 rings (SSSR count). The lowest BCUT2D eigenvalue weighted by atomic mass is 10.2. The number of nitrogen functional groups attached to an aromatic ring is 1. The fourth-order valence-corrected chi connectivity index (χ4v) is 2.84. The van der Waals surface area contributed by atoms with Gasteiger partial charge in [-0.25, -0.2) is 4.39 Å². The summed E-state index contributed by atoms with van der Waals surface area (Å²) in [5.74, 6) is 0.0256. The number of hydrogen-bond acceptors (Lipinski definition) is 3. The standard InChI is InChI=1S/C15H14ClFN2OS/c16-10-2-1-3-12(8-10)21-7-6-15(20)19-14-5-4-11(17)9-13(14)18/h1-5,8-9H,6-7,18H2,(H,19,20). The van der Waals surface area contributed by atoms with Crippen LogP contribution in [-0.4, -0.2) is 11.7 Å². The third kappa shape index (κ3) is 4.95. The van der Waals surface area contributed by atoms with Gasteiger partial charge in [-0.2, -0.15) is 0 Å². The van der Waals surface area contributed by atoms with E-state index in [9.17, 15) is 9.18 Å². The van der Waals surface area contributed by atoms with E-state index in [1.807, 2.05) is 18.2 Å². The maximum absolute atomic E-state index is 12.9. The van der Waals surface area contributed by atoms with Gasteiger partial charge in [-0.15, -0.1) is 11.8 Å². The maximum Gasteiger partial charge on any atom is 0.225 e. The average molecular weight is 325 g/mol. The van der Waals surface area contributed by atoms with Crippen LogP contribution in [0.2, 0.25) is 5.02 Å². The van der Waals surface area contributed by atoms with Crippen LogP contribution in [0.5, 0.6) is 0 Å². The number of benzene rings is 2. The molecule has 3 N–H and O–H groups in total. The highest BCUT2D eigenvalue weighted by molar-refractivity contribution is 7.99. The van der Waals surface area contributed by atoms with E-state index >= 15 is 0 Å². The number of carbonyl (C=O) groups excluding carboxylic acids is 1. The third-order valence-corrected chi connectivity index (χ3v) is 3.91. The van der Waals surface area contributed by atoms with Crippen LogP contribution in [-0.2, 0) is 4.79 Å². The Morgan fingerprint density at radius 3 is 2.81 bits per heavy atom. The molecule has 0 saturated heterocycles. The molecule has 0 unspecified atom stereocenters. The molecule has 1 amide bonds. The first kappa shape index (κ1) is 15.7. The number of amides is 1. The largest absolute Gasteiger partial charge is 0.397 e. The quantitative estimate of drug-likeness (QED) is 0.640. The zero-order valence-electron chi connectivity index (χ0n) is 11.1. The van der Waals surface area contributed by atoms with Crippen molar-refractivity contribution in [3.63, 3.8) is 0 Å². The van der Waals surface area contributed by atoms with Gasteiger partial charge in [-0.3, -0.25) is 4.79 Å². The van der Waals surface area contributed by atoms with Crippen LogP contribution < -0.4 is 11.1 Å². The van der Waals surface area contributed by atoms with Gasteiger partial charge in [0.15, 0.2) is 0 Å². The molecule has 0 spiro atoms. The Labute approximate surface area is 131 Å². The van der Waals surface area contributed by atoms with E-state index in [0.717, 1.165) is 4.90 Å². The molecular weight excluding hydrogens is 311 g/mol. The van der Waals surface area contributed by atoms with Crippen LogP contribution >= 0.6 is 23.4 Å². The molecule has 0 saturated carbocycles. The molecule has 0 heterocycles. The maximum atomic E-state index is 12.9. The molecule has 0 aliphatic heterocycles. The molecule has 0 bridgehead atoms. The first-order chi connectivity index (χ1) is 10.0. The molecule has 0 fully saturated rings. The second-order valence-corrected chi connectivity index (χ2v) is 5.94. The van der Waals surface area contributed by atoms with Crippen LogP contribution in [0.3, 0.4) is 0 Å². The molecule has 2 aromatic rings. The van der Waals surface area contributed by atoms with Gasteiger partial charge in [0.2, 0.25) is 5.91 Å². The van der Waals surface area contributed by atoms with Crippen LogP contribution in [0, 0.1) is 5.82 Å². The summed E-state index contributed by atoms with van der Waals surface area (Å²) >= 11 is 7.43. The van der Waals surface area contributed by atoms with Crippen molar-refractivity contribution in [2.45, 2.75) is 11.3 Å². The van der Waals surface area contributed by atoms with Crippen molar-refractivity contribution in [2.75, 3.05) is 16.8 Å². The highest BCUT2D eigenvalue weighted by Gasteiger charge is 2.06. The summed E-state index contributed by atoms with van der Waals surface area (Å²) in [5.41, 5.74) is 6.27. The van der Waals surface area contributed by atoms with Gasteiger partial charge in [0, 0.05) is 22.1 Å². The van der Waals surface area contributed by atoms with E-state index in [1.165, 1.54) is 18.2 Å². The van der Waals surface area contributed by atoms with Gasteiger partial charge < -0.3 is 11.1 Å². The summed E-state index contributed by atoms with van der Waals surface area (Å²) in [6, 6.07) is 11.3. The number of anilines is 2. The number of carbonyl (C=O) groups is 1. The smallest absolute Gasteiger partial charge is 0.225 e. The number of nitrogens with two attached hydrogens (primary N) is 1. The van der Waals surface area contributed by atoms with E-state index < -0.39 is 5.82 Å². The number of rotatable bonds is 5. The Kier molecular flexibility index (Phi) is 5.47. The molecule has 0 atom stereocenters. The Bertz CT molecular complexity index is 651. The molecule has 21 heavy (non-hydrogen) atoms. The van der Waals surface area contributed by atoms with Gasteiger partial charge in [-0.05, 0) is 36.4 Å². The second-order valence-electron chi connectivity index (χ2n) is 4.34. The van der Waals surface area contributed by atoms with Crippen molar-refractivity contribution >= 4 is 40.6 Å². The minimum absolute atomic E-state index is 0.164. The molecule has 0 radical (unpaired) electrons. The minimum Gasteiger partial charge on any atom is -0.397 e. The normalized spacial score (nSPS) is 10.4. The van der Waals surface area contributed by atoms with E-state index in [4.69, 9.17) is 17.3 Å². The van der Waals surface area contributed by atoms with Gasteiger partial charge in [0.25, 0.3) is 0 Å². The highest BCUT2D eigenvalue weighted by atomic mass is 35.5. The van der Waals surface area contributed by atoms with Gasteiger partial charge in [0.1, 0.15) is 5.82 Å². The lowest BCUT2D eigenvalue weighted by Gasteiger charge is -2.08. The van der Waals surface area contributed by atoms with Crippen molar-refractivity contribution in [1.82, 2.24) is 0 Å². The predicted octanol–water partition coefficient (Wildman–Crippen LogP) is 4.18. The topological polar surface area (TPSA) is 55.1 Å². The Hall–Kier alpha value is -1.72. The molecule has 2 aromatic carbocycles. The summed E-state index contributed by atoms with van der Waals surface area (Å²) in [7, 11) is 0. The number of hydrogen-bond donors (Lipinski definition) is 2. The summed E-state index contributed by atoms with van der Waals surface area (Å²) in [5, 5.41) is 3.34. The lowest BCUT2D eigenvalue weighted by Crippen LogP contribution is -2.13. The van der Waals surface area contributed by atoms with Crippen molar-refractivity contribution in [1.29, 1.82) is 0 Å². The first-order valence-corrected chi connectivity index (χ1v) is 7.64. The molecular formula is C15H14ClFN2OS. The van der Waals surface area contributed by atoms with Gasteiger partial charge in [0.05, 0.1) is 11.4 Å². The molecule has 110 valence electrons. The monoisotopic (exact) mass is 324 g/mol. The lowest BCUT2D eigenvalue weighted by molar-refractivity contribution is -0.115. The van der Waals surface area contributed by atoms with E-state index in [-0.39, 0.29) is 11.6 Å². The van der Waals surface area contributed by atoms with Crippen LogP contribution in [0.4, 0.5) is 15.8 Å². The van der Waals surface area contributed by atoms with Crippen LogP contribution in [0.1, 0.15) is 6.42 Å². The fourth-order valence-electron chi connectivity index (χ4n) is 1.68. The zero-order valence-corrected chi connectivity index (χ0v) is 12.7. The van der Waals surface area contributed by atoms with E-state index in [0.29, 0.717) is 22.9 Å². The zero-order chi connectivity index (χ0) is 15.2. The molecule has 6 heteroatoms. The van der Waals surface area contributed by atoms with Crippen molar-refractivity contribution in [3.05, 3.63) is 53.3 Å². The Morgan fingerprint density at radius 1 is 1.29 bits per heavy atom. The molecule has 0 aliphatic rings. The number of nitrogens with one attached hydrogen (secondary N) is 1. The van der Waals surface area contributed by atoms with Crippen LogP contribution in [0.15, 0.2) is 47.4 Å². The number of halogens is 2. The Morgan fingerprint density at radius 2 is 2.10 bits per heavy atom. The molecule has 0 aliphatic carbocycles.